The lowest BCUT2D eigenvalue weighted by Crippen LogP contribution is -2.14. The summed E-state index contributed by atoms with van der Waals surface area (Å²) in [6, 6.07) is 15.3. The van der Waals surface area contributed by atoms with E-state index in [9.17, 15) is 4.79 Å². The second-order valence-corrected chi connectivity index (χ2v) is 7.08. The van der Waals surface area contributed by atoms with Gasteiger partial charge in [0.25, 0.3) is 0 Å². The van der Waals surface area contributed by atoms with Crippen LogP contribution < -0.4 is 15.4 Å². The zero-order valence-corrected chi connectivity index (χ0v) is 15.5. The molecule has 0 aliphatic heterocycles. The standard InChI is InChI=1S/C20H21N3O2S/c1-14(2)25-17-8-5-15(6-9-17)22-16-7-10-19(21-13-16)23-20(24)12-18-4-3-11-26-18/h3-11,13-14,22H,12H2,1-2H3,(H,21,23,24). The van der Waals surface area contributed by atoms with Crippen LogP contribution >= 0.6 is 11.3 Å². The van der Waals surface area contributed by atoms with E-state index >= 15 is 0 Å². The van der Waals surface area contributed by atoms with Gasteiger partial charge >= 0.3 is 0 Å². The predicted molar refractivity (Wildman–Crippen MR) is 106 cm³/mol. The van der Waals surface area contributed by atoms with E-state index < -0.39 is 0 Å². The first kappa shape index (κ1) is 17.9. The number of ether oxygens (including phenoxy) is 1. The first-order valence-electron chi connectivity index (χ1n) is 8.40. The van der Waals surface area contributed by atoms with Crippen LogP contribution in [-0.4, -0.2) is 17.0 Å². The monoisotopic (exact) mass is 367 g/mol. The zero-order valence-electron chi connectivity index (χ0n) is 14.7. The number of amides is 1. The quantitative estimate of drug-likeness (QED) is 0.626. The number of aromatic nitrogens is 1. The van der Waals surface area contributed by atoms with E-state index in [-0.39, 0.29) is 12.0 Å². The third-order valence-electron chi connectivity index (χ3n) is 3.46. The van der Waals surface area contributed by atoms with Gasteiger partial charge in [0, 0.05) is 10.6 Å². The Bertz CT molecular complexity index is 829. The number of rotatable bonds is 7. The lowest BCUT2D eigenvalue weighted by atomic mass is 10.3. The topological polar surface area (TPSA) is 63.2 Å². The van der Waals surface area contributed by atoms with Crippen molar-refractivity contribution >= 4 is 34.4 Å². The second-order valence-electron chi connectivity index (χ2n) is 6.05. The molecular formula is C20H21N3O2S. The predicted octanol–water partition coefficient (Wildman–Crippen LogP) is 4.86. The number of hydrogen-bond donors (Lipinski definition) is 2. The minimum absolute atomic E-state index is 0.0681. The minimum Gasteiger partial charge on any atom is -0.491 e. The van der Waals surface area contributed by atoms with Gasteiger partial charge in [-0.2, -0.15) is 0 Å². The lowest BCUT2D eigenvalue weighted by Gasteiger charge is -2.11. The van der Waals surface area contributed by atoms with Crippen LogP contribution in [0.1, 0.15) is 18.7 Å². The molecule has 1 aromatic carbocycles. The molecule has 3 aromatic rings. The summed E-state index contributed by atoms with van der Waals surface area (Å²) in [5.74, 6) is 1.31. The van der Waals surface area contributed by atoms with Crippen molar-refractivity contribution in [2.45, 2.75) is 26.4 Å². The van der Waals surface area contributed by atoms with Crippen molar-refractivity contribution in [3.8, 4) is 5.75 Å². The summed E-state index contributed by atoms with van der Waals surface area (Å²) in [7, 11) is 0. The fourth-order valence-corrected chi connectivity index (χ4v) is 3.06. The molecule has 2 N–H and O–H groups in total. The number of nitrogens with zero attached hydrogens (tertiary/aromatic N) is 1. The summed E-state index contributed by atoms with van der Waals surface area (Å²) in [6.45, 7) is 4.00. The SMILES string of the molecule is CC(C)Oc1ccc(Nc2ccc(NC(=O)Cc3cccs3)nc2)cc1. The molecule has 2 heterocycles. The average Bonchev–Trinajstić information content (AvgIpc) is 3.11. The number of thiophene rings is 1. The summed E-state index contributed by atoms with van der Waals surface area (Å²) >= 11 is 1.57. The van der Waals surface area contributed by atoms with Crippen LogP contribution in [0.25, 0.3) is 0 Å². The Kier molecular flexibility index (Phi) is 5.86. The first-order chi connectivity index (χ1) is 12.6. The maximum absolute atomic E-state index is 12.0. The molecule has 5 nitrogen and oxygen atoms in total. The molecule has 0 bridgehead atoms. The van der Waals surface area contributed by atoms with E-state index in [1.807, 2.05) is 61.7 Å². The number of carbonyl (C=O) groups is 1. The van der Waals surface area contributed by atoms with Crippen molar-refractivity contribution in [2.24, 2.45) is 0 Å². The number of carbonyl (C=O) groups excluding carboxylic acids is 1. The van der Waals surface area contributed by atoms with Gasteiger partial charge in [0.05, 0.1) is 24.4 Å². The number of benzene rings is 1. The van der Waals surface area contributed by atoms with Crippen molar-refractivity contribution in [1.82, 2.24) is 4.98 Å². The van der Waals surface area contributed by atoms with Crippen molar-refractivity contribution in [1.29, 1.82) is 0 Å². The van der Waals surface area contributed by atoms with Gasteiger partial charge in [-0.15, -0.1) is 11.3 Å². The Balaban J connectivity index is 1.54. The van der Waals surface area contributed by atoms with Gasteiger partial charge < -0.3 is 15.4 Å². The molecule has 0 unspecified atom stereocenters. The van der Waals surface area contributed by atoms with Crippen molar-refractivity contribution in [2.75, 3.05) is 10.6 Å². The second kappa shape index (κ2) is 8.49. The molecule has 0 saturated carbocycles. The normalized spacial score (nSPS) is 10.6. The van der Waals surface area contributed by atoms with E-state index in [0.717, 1.165) is 22.0 Å². The molecule has 0 aliphatic rings. The van der Waals surface area contributed by atoms with Crippen LogP contribution in [0.3, 0.4) is 0 Å². The van der Waals surface area contributed by atoms with Gasteiger partial charge in [-0.25, -0.2) is 4.98 Å². The minimum atomic E-state index is -0.0681. The van der Waals surface area contributed by atoms with E-state index in [1.165, 1.54) is 0 Å². The van der Waals surface area contributed by atoms with Gasteiger partial charge in [-0.3, -0.25) is 4.79 Å². The molecule has 2 aromatic heterocycles. The Morgan fingerprint density at radius 1 is 1.12 bits per heavy atom. The third-order valence-corrected chi connectivity index (χ3v) is 4.34. The summed E-state index contributed by atoms with van der Waals surface area (Å²) in [6.07, 6.45) is 2.21. The molecule has 0 spiro atoms. The highest BCUT2D eigenvalue weighted by Crippen LogP contribution is 2.21. The molecule has 26 heavy (non-hydrogen) atoms. The van der Waals surface area contributed by atoms with Crippen LogP contribution in [0.4, 0.5) is 17.2 Å². The molecule has 0 fully saturated rings. The molecule has 0 radical (unpaired) electrons. The van der Waals surface area contributed by atoms with Gasteiger partial charge in [0.1, 0.15) is 11.6 Å². The van der Waals surface area contributed by atoms with Crippen LogP contribution in [0.2, 0.25) is 0 Å². The molecule has 1 amide bonds. The van der Waals surface area contributed by atoms with Crippen LogP contribution in [0, 0.1) is 0 Å². The van der Waals surface area contributed by atoms with Crippen LogP contribution in [0.15, 0.2) is 60.1 Å². The fourth-order valence-electron chi connectivity index (χ4n) is 2.36. The number of nitrogens with one attached hydrogen (secondary N) is 2. The van der Waals surface area contributed by atoms with Crippen molar-refractivity contribution in [3.63, 3.8) is 0 Å². The van der Waals surface area contributed by atoms with Gasteiger partial charge in [-0.1, -0.05) is 6.07 Å². The highest BCUT2D eigenvalue weighted by Gasteiger charge is 2.06. The average molecular weight is 367 g/mol. The molecule has 0 atom stereocenters. The van der Waals surface area contributed by atoms with E-state index in [1.54, 1.807) is 23.6 Å². The maximum Gasteiger partial charge on any atom is 0.230 e. The summed E-state index contributed by atoms with van der Waals surface area (Å²) in [5.41, 5.74) is 1.79. The number of hydrogen-bond acceptors (Lipinski definition) is 5. The molecular weight excluding hydrogens is 346 g/mol. The van der Waals surface area contributed by atoms with Crippen LogP contribution in [-0.2, 0) is 11.2 Å². The van der Waals surface area contributed by atoms with E-state index in [2.05, 4.69) is 15.6 Å². The molecule has 3 rings (SSSR count). The van der Waals surface area contributed by atoms with E-state index in [0.29, 0.717) is 12.2 Å². The molecule has 134 valence electrons. The van der Waals surface area contributed by atoms with Gasteiger partial charge in [-0.05, 0) is 61.7 Å². The Labute approximate surface area is 157 Å². The zero-order chi connectivity index (χ0) is 18.4. The van der Waals surface area contributed by atoms with Gasteiger partial charge in [0.15, 0.2) is 0 Å². The molecule has 0 aliphatic carbocycles. The summed E-state index contributed by atoms with van der Waals surface area (Å²) < 4.78 is 5.63. The molecule has 0 saturated heterocycles. The lowest BCUT2D eigenvalue weighted by molar-refractivity contribution is -0.115. The summed E-state index contributed by atoms with van der Waals surface area (Å²) in [5, 5.41) is 8.04. The summed E-state index contributed by atoms with van der Waals surface area (Å²) in [4.78, 5) is 17.3. The Hall–Kier alpha value is -2.86. The van der Waals surface area contributed by atoms with Crippen molar-refractivity contribution in [3.05, 3.63) is 65.0 Å². The smallest absolute Gasteiger partial charge is 0.230 e. The number of pyridine rings is 1. The van der Waals surface area contributed by atoms with E-state index in [4.69, 9.17) is 4.74 Å². The first-order valence-corrected chi connectivity index (χ1v) is 9.28. The third kappa shape index (κ3) is 5.32. The largest absolute Gasteiger partial charge is 0.491 e. The van der Waals surface area contributed by atoms with Crippen molar-refractivity contribution < 1.29 is 9.53 Å². The highest BCUT2D eigenvalue weighted by atomic mass is 32.1. The Morgan fingerprint density at radius 2 is 1.88 bits per heavy atom. The highest BCUT2D eigenvalue weighted by molar-refractivity contribution is 7.10. The Morgan fingerprint density at radius 3 is 2.50 bits per heavy atom. The maximum atomic E-state index is 12.0. The molecule has 6 heteroatoms. The fraction of sp³-hybridized carbons (Fsp3) is 0.200. The van der Waals surface area contributed by atoms with Gasteiger partial charge in [0.2, 0.25) is 5.91 Å². The van der Waals surface area contributed by atoms with Crippen LogP contribution in [0.5, 0.6) is 5.75 Å². The number of anilines is 3.